The van der Waals surface area contributed by atoms with Crippen molar-refractivity contribution in [2.24, 2.45) is 0 Å². The number of ether oxygens (including phenoxy) is 1. The topological polar surface area (TPSA) is 66.0 Å². The third-order valence-electron chi connectivity index (χ3n) is 2.11. The first-order valence-corrected chi connectivity index (χ1v) is 6.82. The van der Waals surface area contributed by atoms with Gasteiger partial charge >= 0.3 is 0 Å². The van der Waals surface area contributed by atoms with Gasteiger partial charge in [-0.1, -0.05) is 23.2 Å². The zero-order valence-electron chi connectivity index (χ0n) is 11.3. The van der Waals surface area contributed by atoms with Crippen LogP contribution in [0.15, 0.2) is 18.2 Å². The zero-order chi connectivity index (χ0) is 14.8. The second kappa shape index (κ2) is 9.89. The number of carbonyl (C=O) groups excluding carboxylic acids is 1. The molecule has 19 heavy (non-hydrogen) atoms. The van der Waals surface area contributed by atoms with Gasteiger partial charge < -0.3 is 20.0 Å². The molecule has 4 nitrogen and oxygen atoms in total. The Morgan fingerprint density at radius 3 is 2.32 bits per heavy atom. The number of nitrogens with two attached hydrogens (primary N) is 1. The zero-order valence-corrected chi connectivity index (χ0v) is 12.8. The molecule has 2 N–H and O–H groups in total. The van der Waals surface area contributed by atoms with Crippen LogP contribution in [0, 0.1) is 0 Å². The number of benzene rings is 1. The first kappa shape index (κ1) is 18.0. The molecule has 0 aliphatic heterocycles. The quantitative estimate of drug-likeness (QED) is 0.886. The van der Waals surface area contributed by atoms with E-state index in [1.807, 2.05) is 0 Å². The molecule has 0 heterocycles. The van der Waals surface area contributed by atoms with Crippen LogP contribution < -0.4 is 15.2 Å². The first-order valence-electron chi connectivity index (χ1n) is 6.06. The van der Waals surface area contributed by atoms with Crippen LogP contribution in [0.2, 0.25) is 10.0 Å². The van der Waals surface area contributed by atoms with Crippen molar-refractivity contribution in [1.82, 2.24) is 0 Å². The van der Waals surface area contributed by atoms with Gasteiger partial charge in [-0.15, -0.1) is 0 Å². The van der Waals surface area contributed by atoms with Crippen LogP contribution in [0.1, 0.15) is 20.8 Å². The Hall–Kier alpha value is -0.970. The van der Waals surface area contributed by atoms with Crippen molar-refractivity contribution in [2.75, 3.05) is 13.1 Å². The molecule has 0 spiro atoms. The molecule has 1 aromatic rings. The van der Waals surface area contributed by atoms with E-state index in [4.69, 9.17) is 27.9 Å². The number of carboxylic acids is 1. The summed E-state index contributed by atoms with van der Waals surface area (Å²) in [5.41, 5.74) is 0. The fourth-order valence-corrected chi connectivity index (χ4v) is 1.55. The second-order valence-corrected chi connectivity index (χ2v) is 4.60. The van der Waals surface area contributed by atoms with E-state index < -0.39 is 12.1 Å². The molecule has 108 valence electrons. The van der Waals surface area contributed by atoms with Crippen LogP contribution >= 0.6 is 23.2 Å². The Bertz CT molecular complexity index is 397. The van der Waals surface area contributed by atoms with Gasteiger partial charge in [-0.05, 0) is 39.0 Å². The van der Waals surface area contributed by atoms with Crippen LogP contribution in [0.5, 0.6) is 5.75 Å². The van der Waals surface area contributed by atoms with Gasteiger partial charge in [0.1, 0.15) is 11.9 Å². The monoisotopic (exact) mass is 307 g/mol. The van der Waals surface area contributed by atoms with Gasteiger partial charge in [0.25, 0.3) is 0 Å². The fraction of sp³-hybridized carbons (Fsp3) is 0.462. The van der Waals surface area contributed by atoms with E-state index in [9.17, 15) is 9.90 Å². The fourth-order valence-electron chi connectivity index (χ4n) is 1.10. The number of carbonyl (C=O) groups is 1. The third-order valence-corrected chi connectivity index (χ3v) is 2.64. The van der Waals surface area contributed by atoms with Gasteiger partial charge in [0, 0.05) is 5.02 Å². The van der Waals surface area contributed by atoms with E-state index in [1.165, 1.54) is 32.1 Å². The smallest absolute Gasteiger partial charge is 0.138 e. The highest BCUT2D eigenvalue weighted by Crippen LogP contribution is 2.28. The highest BCUT2D eigenvalue weighted by atomic mass is 35.5. The van der Waals surface area contributed by atoms with Crippen LogP contribution in [-0.2, 0) is 4.79 Å². The van der Waals surface area contributed by atoms with Gasteiger partial charge in [-0.25, -0.2) is 0 Å². The minimum absolute atomic E-state index is 0.269. The predicted molar refractivity (Wildman–Crippen MR) is 74.6 cm³/mol. The third kappa shape index (κ3) is 7.93. The summed E-state index contributed by atoms with van der Waals surface area (Å²) in [5.74, 6) is -1.02. The first-order chi connectivity index (χ1) is 8.92. The Morgan fingerprint density at radius 1 is 1.37 bits per heavy atom. The van der Waals surface area contributed by atoms with Crippen LogP contribution in [0.4, 0.5) is 0 Å². The van der Waals surface area contributed by atoms with Crippen molar-refractivity contribution < 1.29 is 20.0 Å². The summed E-state index contributed by atoms with van der Waals surface area (Å²) in [6.45, 7) is 8.11. The average Bonchev–Trinajstić information content (AvgIpc) is 2.34. The van der Waals surface area contributed by atoms with E-state index in [1.54, 1.807) is 6.07 Å². The molecular formula is C13H19Cl2NO3. The lowest BCUT2D eigenvalue weighted by molar-refractivity contribution is -0.648. The molecule has 0 aliphatic carbocycles. The standard InChI is InChI=1S/C9H8Cl2O3.C4H11N/c1-5(9(12)13)14-8-3-2-6(10)4-7(8)11;1-3-5-4-2/h2-5H,1H3,(H,12,13);5H,3-4H2,1-2H3. The summed E-state index contributed by atoms with van der Waals surface area (Å²) in [5, 5.41) is 13.4. The van der Waals surface area contributed by atoms with Crippen molar-refractivity contribution in [3.63, 3.8) is 0 Å². The number of halogens is 2. The summed E-state index contributed by atoms with van der Waals surface area (Å²) in [6, 6.07) is 4.54. The molecule has 1 atom stereocenters. The molecule has 1 rings (SSSR count). The largest absolute Gasteiger partial charge is 0.546 e. The highest BCUT2D eigenvalue weighted by Gasteiger charge is 2.08. The second-order valence-electron chi connectivity index (χ2n) is 3.76. The molecule has 0 bridgehead atoms. The molecule has 0 aromatic heterocycles. The molecule has 1 unspecified atom stereocenters. The van der Waals surface area contributed by atoms with Gasteiger partial charge in [0.2, 0.25) is 0 Å². The number of rotatable bonds is 5. The molecule has 1 aromatic carbocycles. The summed E-state index contributed by atoms with van der Waals surface area (Å²) >= 11 is 11.4. The summed E-state index contributed by atoms with van der Waals surface area (Å²) in [7, 11) is 0. The summed E-state index contributed by atoms with van der Waals surface area (Å²) < 4.78 is 5.01. The Morgan fingerprint density at radius 2 is 1.95 bits per heavy atom. The van der Waals surface area contributed by atoms with Gasteiger partial charge in [0.15, 0.2) is 0 Å². The molecule has 0 fully saturated rings. The van der Waals surface area contributed by atoms with Crippen molar-refractivity contribution in [3.05, 3.63) is 28.2 Å². The maximum absolute atomic E-state index is 10.4. The maximum Gasteiger partial charge on any atom is 0.138 e. The normalized spacial score (nSPS) is 11.2. The van der Waals surface area contributed by atoms with Gasteiger partial charge in [0.05, 0.1) is 24.1 Å². The predicted octanol–water partition coefficient (Wildman–Crippen LogP) is 1.10. The van der Waals surface area contributed by atoms with Crippen molar-refractivity contribution in [2.45, 2.75) is 26.9 Å². The highest BCUT2D eigenvalue weighted by molar-refractivity contribution is 6.35. The minimum atomic E-state index is -1.30. The maximum atomic E-state index is 10.4. The average molecular weight is 308 g/mol. The molecule has 6 heteroatoms. The Labute approximate surface area is 123 Å². The Balaban J connectivity index is 0.000000555. The number of carboxylic acid groups (broad SMARTS) is 1. The van der Waals surface area contributed by atoms with E-state index in [0.717, 1.165) is 0 Å². The number of hydrogen-bond acceptors (Lipinski definition) is 3. The van der Waals surface area contributed by atoms with E-state index in [2.05, 4.69) is 19.2 Å². The number of aliphatic carboxylic acids is 1. The SMILES string of the molecule is CC(Oc1ccc(Cl)cc1Cl)C(=O)[O-].CC[NH2+]CC. The molecule has 0 amide bonds. The van der Waals surface area contributed by atoms with E-state index >= 15 is 0 Å². The summed E-state index contributed by atoms with van der Waals surface area (Å²) in [6.07, 6.45) is -1.05. The molecule has 0 saturated heterocycles. The molecule has 0 saturated carbocycles. The molecule has 0 aliphatic rings. The minimum Gasteiger partial charge on any atom is -0.546 e. The lowest BCUT2D eigenvalue weighted by Crippen LogP contribution is -2.82. The Kier molecular flexibility index (Phi) is 9.39. The summed E-state index contributed by atoms with van der Waals surface area (Å²) in [4.78, 5) is 10.4. The molecule has 0 radical (unpaired) electrons. The number of hydrogen-bond donors (Lipinski definition) is 1. The lowest BCUT2D eigenvalue weighted by Gasteiger charge is -2.16. The van der Waals surface area contributed by atoms with Crippen molar-refractivity contribution >= 4 is 29.2 Å². The van der Waals surface area contributed by atoms with E-state index in [-0.39, 0.29) is 10.8 Å². The van der Waals surface area contributed by atoms with E-state index in [0.29, 0.717) is 5.02 Å². The molecular weight excluding hydrogens is 289 g/mol. The lowest BCUT2D eigenvalue weighted by atomic mass is 10.3. The van der Waals surface area contributed by atoms with Crippen LogP contribution in [0.25, 0.3) is 0 Å². The van der Waals surface area contributed by atoms with Gasteiger partial charge in [-0.2, -0.15) is 0 Å². The number of quaternary nitrogens is 1. The van der Waals surface area contributed by atoms with Crippen molar-refractivity contribution in [1.29, 1.82) is 0 Å². The van der Waals surface area contributed by atoms with Crippen molar-refractivity contribution in [3.8, 4) is 5.75 Å². The van der Waals surface area contributed by atoms with Crippen LogP contribution in [0.3, 0.4) is 0 Å². The van der Waals surface area contributed by atoms with Gasteiger partial charge in [-0.3, -0.25) is 0 Å². The van der Waals surface area contributed by atoms with Crippen LogP contribution in [-0.4, -0.2) is 25.2 Å².